The number of aromatic nitrogens is 2. The van der Waals surface area contributed by atoms with Gasteiger partial charge in [-0.15, -0.1) is 6.42 Å². The maximum atomic E-state index is 17.1. The number of alkyl halides is 1. The maximum absolute atomic E-state index is 17.1. The van der Waals surface area contributed by atoms with Crippen molar-refractivity contribution in [1.29, 1.82) is 0 Å². The van der Waals surface area contributed by atoms with E-state index >= 15 is 13.2 Å². The number of fused-ring (bicyclic) bond motifs is 7. The first-order chi connectivity index (χ1) is 23.2. The molecular weight excluding hydrogens is 631 g/mol. The van der Waals surface area contributed by atoms with Gasteiger partial charge >= 0.3 is 6.01 Å². The Balaban J connectivity index is 1.26. The summed E-state index contributed by atoms with van der Waals surface area (Å²) in [7, 11) is 0. The van der Waals surface area contributed by atoms with Gasteiger partial charge in [-0.3, -0.25) is 4.90 Å². The molecule has 4 aromatic rings. The molecule has 8 nitrogen and oxygen atoms in total. The average molecular weight is 663 g/mol. The first-order valence-corrected chi connectivity index (χ1v) is 16.2. The molecule has 0 saturated carbocycles. The summed E-state index contributed by atoms with van der Waals surface area (Å²) in [5, 5.41) is 3.36. The number of nitrogens with one attached hydrogen (secondary N) is 1. The number of nitrogen functional groups attached to an aromatic ring is 1. The molecule has 5 atom stereocenters. The minimum absolute atomic E-state index is 0.0219. The van der Waals surface area contributed by atoms with Gasteiger partial charge in [0, 0.05) is 53.6 Å². The summed E-state index contributed by atoms with van der Waals surface area (Å²) in [5.41, 5.74) is 4.69. The van der Waals surface area contributed by atoms with Crippen molar-refractivity contribution in [3.63, 3.8) is 0 Å². The third kappa shape index (κ3) is 4.21. The van der Waals surface area contributed by atoms with Crippen LogP contribution in [0.4, 0.5) is 33.5 Å². The molecule has 1 aromatic heterocycles. The quantitative estimate of drug-likeness (QED) is 0.133. The molecule has 0 unspecified atom stereocenters. The molecule has 0 radical (unpaired) electrons. The third-order valence-electron chi connectivity index (χ3n) is 11.0. The predicted molar refractivity (Wildman–Crippen MR) is 170 cm³/mol. The van der Waals surface area contributed by atoms with Crippen molar-refractivity contribution in [1.82, 2.24) is 20.2 Å². The summed E-state index contributed by atoms with van der Waals surface area (Å²) in [5.74, 6) is -2.84. The Kier molecular flexibility index (Phi) is 6.53. The van der Waals surface area contributed by atoms with Crippen LogP contribution in [0.5, 0.6) is 11.8 Å². The van der Waals surface area contributed by atoms with Gasteiger partial charge in [-0.05, 0) is 56.0 Å². The zero-order valence-electron chi connectivity index (χ0n) is 25.8. The molecule has 5 aliphatic rings. The second kappa shape index (κ2) is 10.5. The highest BCUT2D eigenvalue weighted by molar-refractivity contribution is 6.06. The highest BCUT2D eigenvalue weighted by Crippen LogP contribution is 2.47. The van der Waals surface area contributed by atoms with Crippen molar-refractivity contribution >= 4 is 33.2 Å². The summed E-state index contributed by atoms with van der Waals surface area (Å²) < 4.78 is 89.1. The largest absolute Gasteiger partial charge is 0.491 e. The second-order valence-corrected chi connectivity index (χ2v) is 13.7. The van der Waals surface area contributed by atoms with Crippen LogP contribution >= 0.6 is 0 Å². The number of terminal acetylenes is 1. The fraction of sp³-hybridized carbons (Fsp3) is 0.429. The van der Waals surface area contributed by atoms with Crippen LogP contribution in [0.3, 0.4) is 0 Å². The lowest BCUT2D eigenvalue weighted by atomic mass is 9.92. The lowest BCUT2D eigenvalue weighted by Crippen LogP contribution is -2.60. The number of anilines is 2. The molecule has 0 spiro atoms. The van der Waals surface area contributed by atoms with Crippen molar-refractivity contribution in [2.75, 3.05) is 43.5 Å². The first-order valence-electron chi connectivity index (χ1n) is 16.2. The Morgan fingerprint density at radius 2 is 1.90 bits per heavy atom. The van der Waals surface area contributed by atoms with Gasteiger partial charge in [0.05, 0.1) is 22.5 Å². The number of rotatable bonds is 4. The van der Waals surface area contributed by atoms with Crippen LogP contribution in [0, 0.1) is 35.6 Å². The summed E-state index contributed by atoms with van der Waals surface area (Å²) >= 11 is 0. The van der Waals surface area contributed by atoms with Crippen LogP contribution in [0.1, 0.15) is 37.7 Å². The van der Waals surface area contributed by atoms with Gasteiger partial charge in [-0.1, -0.05) is 5.92 Å². The Morgan fingerprint density at radius 3 is 2.73 bits per heavy atom. The number of piperazine rings is 1. The van der Waals surface area contributed by atoms with E-state index in [1.807, 2.05) is 0 Å². The van der Waals surface area contributed by atoms with Gasteiger partial charge in [0.1, 0.15) is 36.5 Å². The molecule has 4 fully saturated rings. The summed E-state index contributed by atoms with van der Waals surface area (Å²) in [6.07, 6.45) is 8.57. The topological polar surface area (TPSA) is 88.8 Å². The number of nitrogens with zero attached hydrogens (tertiary/aromatic N) is 4. The maximum Gasteiger partial charge on any atom is 0.319 e. The van der Waals surface area contributed by atoms with Gasteiger partial charge in [-0.2, -0.15) is 9.97 Å². The lowest BCUT2D eigenvalue weighted by molar-refractivity contribution is 0.107. The predicted octanol–water partition coefficient (Wildman–Crippen LogP) is 5.23. The molecule has 6 heterocycles. The number of benzene rings is 3. The van der Waals surface area contributed by atoms with Gasteiger partial charge in [-0.25, -0.2) is 22.0 Å². The van der Waals surface area contributed by atoms with Crippen molar-refractivity contribution in [2.24, 2.45) is 0 Å². The van der Waals surface area contributed by atoms with E-state index in [0.29, 0.717) is 30.7 Å². The normalized spacial score (nSPS) is 27.5. The van der Waals surface area contributed by atoms with Crippen molar-refractivity contribution in [3.8, 4) is 35.2 Å². The van der Waals surface area contributed by atoms with E-state index in [1.54, 1.807) is 0 Å². The first kappa shape index (κ1) is 29.7. The van der Waals surface area contributed by atoms with Crippen LogP contribution in [0.25, 0.3) is 32.8 Å². The molecule has 0 aliphatic carbocycles. The Morgan fingerprint density at radius 1 is 1.04 bits per heavy atom. The molecule has 0 amide bonds. The molecule has 3 aromatic carbocycles. The van der Waals surface area contributed by atoms with Crippen LogP contribution in [-0.2, 0) is 0 Å². The van der Waals surface area contributed by atoms with E-state index in [1.165, 1.54) is 12.1 Å². The van der Waals surface area contributed by atoms with Gasteiger partial charge in [0.2, 0.25) is 0 Å². The van der Waals surface area contributed by atoms with E-state index in [2.05, 4.69) is 26.0 Å². The zero-order valence-corrected chi connectivity index (χ0v) is 25.8. The standard InChI is InChI=1S/C35H31F5N6O2/c1-2-19-26-20(8-17(41)9-22(26)29(38)31(40)28(19)37)21-10-25-27-32(30(21)39)43-34(48-15-35-6-3-7-45(35)12-16(36)11-35)44-33(27)46-13-18-4-5-23(42-18)24(46)14-47-25/h1,8-10,16,18,23-24,42H,3-7,11-15,41H2/t16-,18-,23+,24-,35+/m1/s1. The van der Waals surface area contributed by atoms with E-state index in [9.17, 15) is 8.78 Å². The van der Waals surface area contributed by atoms with Gasteiger partial charge in [0.25, 0.3) is 0 Å². The van der Waals surface area contributed by atoms with Crippen molar-refractivity contribution in [2.45, 2.75) is 61.9 Å². The highest BCUT2D eigenvalue weighted by atomic mass is 19.2. The summed E-state index contributed by atoms with van der Waals surface area (Å²) in [4.78, 5) is 13.6. The number of hydrogen-bond acceptors (Lipinski definition) is 8. The Labute approximate surface area is 272 Å². The minimum atomic E-state index is -1.75. The minimum Gasteiger partial charge on any atom is -0.491 e. The monoisotopic (exact) mass is 662 g/mol. The SMILES string of the molecule is C#Cc1c(F)c(F)c(F)c2cc(N)cc(-c3cc4c5c(nc(OC[C@@]67CCCN6C[C@H](F)C7)nc5c3F)N3C[C@H]5CC[C@H](N5)[C@H]3CO4)c12. The van der Waals surface area contributed by atoms with Crippen LogP contribution in [0.2, 0.25) is 0 Å². The number of hydrogen-bond donors (Lipinski definition) is 2. The second-order valence-electron chi connectivity index (χ2n) is 13.7. The highest BCUT2D eigenvalue weighted by Gasteiger charge is 2.50. The van der Waals surface area contributed by atoms with Crippen molar-refractivity contribution < 1.29 is 31.4 Å². The van der Waals surface area contributed by atoms with E-state index < -0.39 is 45.9 Å². The summed E-state index contributed by atoms with van der Waals surface area (Å²) in [6.45, 7) is 2.10. The molecule has 13 heteroatoms. The number of ether oxygens (including phenoxy) is 2. The molecule has 248 valence electrons. The summed E-state index contributed by atoms with van der Waals surface area (Å²) in [6, 6.07) is 4.01. The van der Waals surface area contributed by atoms with E-state index in [4.69, 9.17) is 26.6 Å². The van der Waals surface area contributed by atoms with Crippen LogP contribution < -0.4 is 25.4 Å². The Hall–Kier alpha value is -4.41. The average Bonchev–Trinajstić information content (AvgIpc) is 3.71. The van der Waals surface area contributed by atoms with Crippen LogP contribution in [-0.4, -0.2) is 77.6 Å². The third-order valence-corrected chi connectivity index (χ3v) is 11.0. The van der Waals surface area contributed by atoms with Crippen molar-refractivity contribution in [3.05, 3.63) is 47.0 Å². The number of nitrogens with two attached hydrogens (primary N) is 1. The molecule has 4 saturated heterocycles. The molecule has 5 aliphatic heterocycles. The Bertz CT molecular complexity index is 2090. The van der Waals surface area contributed by atoms with E-state index in [-0.39, 0.29) is 70.8 Å². The van der Waals surface area contributed by atoms with E-state index in [0.717, 1.165) is 38.3 Å². The molecular formula is C35H31F5N6O2. The fourth-order valence-corrected chi connectivity index (χ4v) is 8.84. The molecule has 48 heavy (non-hydrogen) atoms. The zero-order chi connectivity index (χ0) is 33.1. The molecule has 2 bridgehead atoms. The molecule has 3 N–H and O–H groups in total. The smallest absolute Gasteiger partial charge is 0.319 e. The van der Waals surface area contributed by atoms with Gasteiger partial charge < -0.3 is 25.4 Å². The van der Waals surface area contributed by atoms with Gasteiger partial charge in [0.15, 0.2) is 23.3 Å². The van der Waals surface area contributed by atoms with Crippen LogP contribution in [0.15, 0.2) is 18.2 Å². The lowest BCUT2D eigenvalue weighted by Gasteiger charge is -2.40. The fourth-order valence-electron chi connectivity index (χ4n) is 8.84. The molecule has 9 rings (SSSR count). The number of halogens is 5.